The van der Waals surface area contributed by atoms with Gasteiger partial charge in [0.2, 0.25) is 0 Å². The highest BCUT2D eigenvalue weighted by molar-refractivity contribution is 7.87. The molecule has 21 heavy (non-hydrogen) atoms. The van der Waals surface area contributed by atoms with Crippen LogP contribution in [-0.2, 0) is 10.2 Å². The van der Waals surface area contributed by atoms with Gasteiger partial charge >= 0.3 is 0 Å². The van der Waals surface area contributed by atoms with Crippen LogP contribution in [0, 0.1) is 5.92 Å². The van der Waals surface area contributed by atoms with Crippen LogP contribution in [0.4, 0.5) is 0 Å². The molecule has 1 heterocycles. The summed E-state index contributed by atoms with van der Waals surface area (Å²) in [4.78, 5) is 0. The van der Waals surface area contributed by atoms with Gasteiger partial charge in [0.25, 0.3) is 10.2 Å². The Morgan fingerprint density at radius 1 is 1.29 bits per heavy atom. The molecule has 0 aromatic heterocycles. The molecule has 1 fully saturated rings. The fraction of sp³-hybridized carbons (Fsp3) is 1.00. The first kappa shape index (κ1) is 18.9. The Morgan fingerprint density at radius 2 is 2.05 bits per heavy atom. The van der Waals surface area contributed by atoms with Crippen LogP contribution in [0.25, 0.3) is 0 Å². The summed E-state index contributed by atoms with van der Waals surface area (Å²) in [6, 6.07) is 0.0246. The van der Waals surface area contributed by atoms with Crippen molar-refractivity contribution in [2.45, 2.75) is 64.8 Å². The summed E-state index contributed by atoms with van der Waals surface area (Å²) in [7, 11) is -1.40. The third kappa shape index (κ3) is 7.08. The first-order valence-corrected chi connectivity index (χ1v) is 9.85. The van der Waals surface area contributed by atoms with Crippen molar-refractivity contribution >= 4 is 10.2 Å². The van der Waals surface area contributed by atoms with Crippen molar-refractivity contribution in [2.75, 3.05) is 26.7 Å². The second-order valence-corrected chi connectivity index (χ2v) is 8.00. The summed E-state index contributed by atoms with van der Waals surface area (Å²) in [5.74, 6) is 0.431. The van der Waals surface area contributed by atoms with Crippen LogP contribution >= 0.6 is 0 Å². The third-order valence-electron chi connectivity index (χ3n) is 4.16. The molecule has 0 bridgehead atoms. The maximum Gasteiger partial charge on any atom is 0.279 e. The molecule has 1 rings (SSSR count). The lowest BCUT2D eigenvalue weighted by molar-refractivity contribution is 0.259. The van der Waals surface area contributed by atoms with E-state index in [0.717, 1.165) is 32.2 Å². The van der Waals surface area contributed by atoms with E-state index in [0.29, 0.717) is 19.0 Å². The molecule has 2 N–H and O–H groups in total. The summed E-state index contributed by atoms with van der Waals surface area (Å²) in [5.41, 5.74) is 0. The summed E-state index contributed by atoms with van der Waals surface area (Å²) < 4.78 is 29.3. The van der Waals surface area contributed by atoms with E-state index in [-0.39, 0.29) is 6.04 Å². The first-order valence-electron chi connectivity index (χ1n) is 8.41. The Morgan fingerprint density at radius 3 is 2.71 bits per heavy atom. The monoisotopic (exact) mass is 319 g/mol. The van der Waals surface area contributed by atoms with Crippen molar-refractivity contribution in [3.05, 3.63) is 0 Å². The Bertz CT molecular complexity index is 371. The molecule has 0 amide bonds. The van der Waals surface area contributed by atoms with E-state index in [4.69, 9.17) is 0 Å². The van der Waals surface area contributed by atoms with Crippen molar-refractivity contribution in [2.24, 2.45) is 5.92 Å². The van der Waals surface area contributed by atoms with Gasteiger partial charge in [0.1, 0.15) is 0 Å². The quantitative estimate of drug-likeness (QED) is 0.606. The lowest BCUT2D eigenvalue weighted by atomic mass is 10.00. The van der Waals surface area contributed by atoms with Gasteiger partial charge in [0, 0.05) is 19.1 Å². The largest absolute Gasteiger partial charge is 0.319 e. The van der Waals surface area contributed by atoms with Gasteiger partial charge in [-0.3, -0.25) is 0 Å². The van der Waals surface area contributed by atoms with Crippen molar-refractivity contribution < 1.29 is 8.42 Å². The fourth-order valence-electron chi connectivity index (χ4n) is 2.97. The van der Waals surface area contributed by atoms with Crippen LogP contribution in [0.2, 0.25) is 0 Å². The lowest BCUT2D eigenvalue weighted by Gasteiger charge is -2.32. The van der Waals surface area contributed by atoms with E-state index >= 15 is 0 Å². The smallest absolute Gasteiger partial charge is 0.279 e. The number of nitrogens with zero attached hydrogens (tertiary/aromatic N) is 1. The van der Waals surface area contributed by atoms with Gasteiger partial charge in [-0.25, -0.2) is 0 Å². The van der Waals surface area contributed by atoms with Gasteiger partial charge in [0.15, 0.2) is 0 Å². The molecule has 126 valence electrons. The standard InChI is InChI=1S/C15H33N3O2S/c1-4-5-6-7-9-14(2)17-21(19,20)18-11-8-10-15(13-18)12-16-3/h14-17H,4-13H2,1-3H3. The highest BCUT2D eigenvalue weighted by atomic mass is 32.2. The van der Waals surface area contributed by atoms with Gasteiger partial charge in [0.05, 0.1) is 0 Å². The highest BCUT2D eigenvalue weighted by Gasteiger charge is 2.29. The molecular formula is C15H33N3O2S. The number of rotatable bonds is 10. The minimum Gasteiger partial charge on any atom is -0.319 e. The molecule has 6 heteroatoms. The molecule has 1 aliphatic rings. The zero-order valence-electron chi connectivity index (χ0n) is 13.9. The Hall–Kier alpha value is -0.170. The number of unbranched alkanes of at least 4 members (excludes halogenated alkanes) is 3. The second-order valence-electron chi connectivity index (χ2n) is 6.30. The normalized spacial score (nSPS) is 22.3. The second kappa shape index (κ2) is 9.77. The molecule has 0 saturated carbocycles. The van der Waals surface area contributed by atoms with Crippen LogP contribution in [0.3, 0.4) is 0 Å². The molecule has 0 aliphatic carbocycles. The lowest BCUT2D eigenvalue weighted by Crippen LogP contribution is -2.49. The fourth-order valence-corrected chi connectivity index (χ4v) is 4.52. The number of piperidine rings is 1. The Balaban J connectivity index is 2.40. The predicted octanol–water partition coefficient (Wildman–Crippen LogP) is 2.11. The highest BCUT2D eigenvalue weighted by Crippen LogP contribution is 2.18. The molecule has 0 radical (unpaired) electrons. The summed E-state index contributed by atoms with van der Waals surface area (Å²) in [5, 5.41) is 3.15. The van der Waals surface area contributed by atoms with Crippen molar-refractivity contribution in [3.63, 3.8) is 0 Å². The van der Waals surface area contributed by atoms with Crippen molar-refractivity contribution in [1.82, 2.24) is 14.3 Å². The van der Waals surface area contributed by atoms with Crippen LogP contribution < -0.4 is 10.0 Å². The number of hydrogen-bond acceptors (Lipinski definition) is 3. The molecule has 0 spiro atoms. The summed E-state index contributed by atoms with van der Waals surface area (Å²) >= 11 is 0. The molecule has 1 saturated heterocycles. The van der Waals surface area contributed by atoms with E-state index in [1.54, 1.807) is 4.31 Å². The molecule has 5 nitrogen and oxygen atoms in total. The zero-order chi connectivity index (χ0) is 15.7. The van der Waals surface area contributed by atoms with Crippen molar-refractivity contribution in [1.29, 1.82) is 0 Å². The zero-order valence-corrected chi connectivity index (χ0v) is 14.7. The average molecular weight is 320 g/mol. The predicted molar refractivity (Wildman–Crippen MR) is 88.5 cm³/mol. The molecule has 2 atom stereocenters. The topological polar surface area (TPSA) is 61.4 Å². The molecule has 0 aromatic rings. The molecule has 0 aromatic carbocycles. The van der Waals surface area contributed by atoms with Crippen LogP contribution in [0.5, 0.6) is 0 Å². The van der Waals surface area contributed by atoms with Gasteiger partial charge in [-0.05, 0) is 45.7 Å². The number of nitrogens with one attached hydrogen (secondary N) is 2. The summed E-state index contributed by atoms with van der Waals surface area (Å²) in [6.45, 7) is 6.33. The van der Waals surface area contributed by atoms with E-state index in [9.17, 15) is 8.42 Å². The summed E-state index contributed by atoms with van der Waals surface area (Å²) in [6.07, 6.45) is 7.72. The minimum absolute atomic E-state index is 0.0246. The Labute approximate surface area is 131 Å². The van der Waals surface area contributed by atoms with Crippen LogP contribution in [-0.4, -0.2) is 45.4 Å². The molecular weight excluding hydrogens is 286 g/mol. The average Bonchev–Trinajstić information content (AvgIpc) is 2.44. The SMILES string of the molecule is CCCCCCC(C)NS(=O)(=O)N1CCCC(CNC)C1. The maximum atomic E-state index is 12.4. The first-order chi connectivity index (χ1) is 9.99. The maximum absolute atomic E-state index is 12.4. The van der Waals surface area contributed by atoms with E-state index in [1.165, 1.54) is 19.3 Å². The van der Waals surface area contributed by atoms with E-state index in [1.807, 2.05) is 14.0 Å². The van der Waals surface area contributed by atoms with Gasteiger partial charge in [-0.15, -0.1) is 0 Å². The number of hydrogen-bond donors (Lipinski definition) is 2. The van der Waals surface area contributed by atoms with E-state index < -0.39 is 10.2 Å². The van der Waals surface area contributed by atoms with Gasteiger partial charge in [-0.2, -0.15) is 17.4 Å². The molecule has 2 unspecified atom stereocenters. The van der Waals surface area contributed by atoms with Gasteiger partial charge < -0.3 is 5.32 Å². The molecule has 1 aliphatic heterocycles. The minimum atomic E-state index is -3.32. The van der Waals surface area contributed by atoms with E-state index in [2.05, 4.69) is 17.0 Å². The van der Waals surface area contributed by atoms with Crippen LogP contribution in [0.1, 0.15) is 58.8 Å². The van der Waals surface area contributed by atoms with Crippen molar-refractivity contribution in [3.8, 4) is 0 Å². The Kier molecular flexibility index (Phi) is 8.78. The third-order valence-corrected chi connectivity index (χ3v) is 5.87. The van der Waals surface area contributed by atoms with Gasteiger partial charge in [-0.1, -0.05) is 32.6 Å². The van der Waals surface area contributed by atoms with Crippen LogP contribution in [0.15, 0.2) is 0 Å².